The first kappa shape index (κ1) is 32.2. The number of halogens is 1. The molecule has 0 aliphatic rings. The Hall–Kier alpha value is -2.80. The van der Waals surface area contributed by atoms with E-state index in [2.05, 4.69) is 15.9 Å². The van der Waals surface area contributed by atoms with Crippen LogP contribution in [0.25, 0.3) is 11.0 Å². The summed E-state index contributed by atoms with van der Waals surface area (Å²) in [5.74, 6) is -0.385. The fourth-order valence-electron chi connectivity index (χ4n) is 2.87. The van der Waals surface area contributed by atoms with Gasteiger partial charge in [-0.3, -0.25) is 4.79 Å². The van der Waals surface area contributed by atoms with Crippen LogP contribution in [0.15, 0.2) is 51.6 Å². The monoisotopic (exact) mass is 550 g/mol. The maximum atomic E-state index is 12.1. The van der Waals surface area contributed by atoms with E-state index < -0.39 is 5.97 Å². The minimum Gasteiger partial charge on any atom is -0.488 e. The third-order valence-corrected chi connectivity index (χ3v) is 4.71. The van der Waals surface area contributed by atoms with Crippen molar-refractivity contribution in [1.29, 1.82) is 0 Å². The van der Waals surface area contributed by atoms with Crippen LogP contribution < -0.4 is 4.74 Å². The molecule has 0 unspecified atom stereocenters. The first-order chi connectivity index (χ1) is 17.0. The summed E-state index contributed by atoms with van der Waals surface area (Å²) in [5, 5.41) is 0.924. The van der Waals surface area contributed by atoms with Crippen molar-refractivity contribution in [2.75, 3.05) is 13.2 Å². The molecule has 3 rings (SSSR count). The van der Waals surface area contributed by atoms with Crippen LogP contribution in [0.1, 0.15) is 76.9 Å². The van der Waals surface area contributed by atoms with Gasteiger partial charge in [0.05, 0.1) is 31.5 Å². The van der Waals surface area contributed by atoms with Gasteiger partial charge in [-0.25, -0.2) is 4.79 Å². The van der Waals surface area contributed by atoms with Crippen LogP contribution in [-0.2, 0) is 27.3 Å². The Morgan fingerprint density at radius 2 is 1.51 bits per heavy atom. The minimum absolute atomic E-state index is 0.0456. The SMILES string of the molecule is CC.CC.CC.CCOC(=O)Cc1ccc(C(=O)OCC)cc1OCc1coc2ccc(Br)cc12. The molecule has 0 spiro atoms. The smallest absolute Gasteiger partial charge is 0.338 e. The number of carbonyl (C=O) groups excluding carboxylic acids is 2. The van der Waals surface area contributed by atoms with E-state index in [9.17, 15) is 9.59 Å². The molecule has 1 aromatic heterocycles. The molecular weight excluding hydrogens is 512 g/mol. The summed E-state index contributed by atoms with van der Waals surface area (Å²) in [5.41, 5.74) is 2.59. The molecule has 3 aromatic rings. The van der Waals surface area contributed by atoms with Crippen molar-refractivity contribution in [2.24, 2.45) is 0 Å². The molecule has 6 nitrogen and oxygen atoms in total. The number of hydrogen-bond donors (Lipinski definition) is 0. The molecular formula is C28H39BrO6. The third kappa shape index (κ3) is 10.1. The summed E-state index contributed by atoms with van der Waals surface area (Å²) >= 11 is 3.46. The third-order valence-electron chi connectivity index (χ3n) is 4.22. The van der Waals surface area contributed by atoms with E-state index in [1.54, 1.807) is 38.3 Å². The van der Waals surface area contributed by atoms with E-state index in [4.69, 9.17) is 18.6 Å². The van der Waals surface area contributed by atoms with Crippen molar-refractivity contribution in [2.45, 2.75) is 68.4 Å². The quantitative estimate of drug-likeness (QED) is 0.263. The topological polar surface area (TPSA) is 75.0 Å². The molecule has 0 bridgehead atoms. The Morgan fingerprint density at radius 1 is 0.857 bits per heavy atom. The zero-order valence-corrected chi connectivity index (χ0v) is 23.8. The molecule has 0 fully saturated rings. The number of fused-ring (bicyclic) bond motifs is 1. The molecule has 0 saturated heterocycles. The Morgan fingerprint density at radius 3 is 2.14 bits per heavy atom. The first-order valence-corrected chi connectivity index (χ1v) is 13.0. The summed E-state index contributed by atoms with van der Waals surface area (Å²) in [6.45, 7) is 16.3. The lowest BCUT2D eigenvalue weighted by Crippen LogP contribution is -2.11. The lowest BCUT2D eigenvalue weighted by molar-refractivity contribution is -0.142. The van der Waals surface area contributed by atoms with Crippen LogP contribution in [0, 0.1) is 0 Å². The van der Waals surface area contributed by atoms with Crippen molar-refractivity contribution in [3.8, 4) is 5.75 Å². The summed E-state index contributed by atoms with van der Waals surface area (Å²) in [6.07, 6.45) is 1.68. The molecule has 0 N–H and O–H groups in total. The second-order valence-corrected chi connectivity index (χ2v) is 7.13. The van der Waals surface area contributed by atoms with Crippen LogP contribution in [0.2, 0.25) is 0 Å². The number of hydrogen-bond acceptors (Lipinski definition) is 6. The van der Waals surface area contributed by atoms with Gasteiger partial charge in [0.25, 0.3) is 0 Å². The summed E-state index contributed by atoms with van der Waals surface area (Å²) in [6, 6.07) is 10.6. The fraction of sp³-hybridized carbons (Fsp3) is 0.429. The predicted octanol–water partition coefficient (Wildman–Crippen LogP) is 8.14. The van der Waals surface area contributed by atoms with Crippen molar-refractivity contribution >= 4 is 38.8 Å². The van der Waals surface area contributed by atoms with Gasteiger partial charge in [0, 0.05) is 21.0 Å². The number of esters is 2. The molecule has 0 aliphatic heterocycles. The Labute approximate surface area is 218 Å². The second kappa shape index (κ2) is 18.5. The van der Waals surface area contributed by atoms with Gasteiger partial charge >= 0.3 is 11.9 Å². The van der Waals surface area contributed by atoms with Gasteiger partial charge in [-0.1, -0.05) is 63.5 Å². The van der Waals surface area contributed by atoms with Gasteiger partial charge in [0.2, 0.25) is 0 Å². The summed E-state index contributed by atoms with van der Waals surface area (Å²) < 4.78 is 22.6. The van der Waals surface area contributed by atoms with Crippen LogP contribution in [0.5, 0.6) is 5.75 Å². The molecule has 35 heavy (non-hydrogen) atoms. The van der Waals surface area contributed by atoms with Crippen molar-refractivity contribution in [3.63, 3.8) is 0 Å². The average Bonchev–Trinajstić information content (AvgIpc) is 3.29. The highest BCUT2D eigenvalue weighted by Crippen LogP contribution is 2.28. The average molecular weight is 552 g/mol. The van der Waals surface area contributed by atoms with E-state index in [0.29, 0.717) is 23.5 Å². The number of carbonyl (C=O) groups is 2. The first-order valence-electron chi connectivity index (χ1n) is 12.3. The van der Waals surface area contributed by atoms with Crippen LogP contribution in [0.3, 0.4) is 0 Å². The van der Waals surface area contributed by atoms with E-state index in [1.807, 2.05) is 59.7 Å². The molecule has 0 radical (unpaired) electrons. The molecule has 7 heteroatoms. The molecule has 0 saturated carbocycles. The highest BCUT2D eigenvalue weighted by Gasteiger charge is 2.16. The number of benzene rings is 2. The largest absolute Gasteiger partial charge is 0.488 e. The van der Waals surface area contributed by atoms with Gasteiger partial charge in [-0.15, -0.1) is 0 Å². The van der Waals surface area contributed by atoms with Gasteiger partial charge in [0.15, 0.2) is 0 Å². The molecule has 1 heterocycles. The van der Waals surface area contributed by atoms with Gasteiger partial charge < -0.3 is 18.6 Å². The van der Waals surface area contributed by atoms with E-state index in [1.165, 1.54) is 0 Å². The van der Waals surface area contributed by atoms with Crippen LogP contribution in [-0.4, -0.2) is 25.2 Å². The fourth-order valence-corrected chi connectivity index (χ4v) is 3.23. The molecule has 0 atom stereocenters. The Balaban J connectivity index is 0.00000179. The maximum absolute atomic E-state index is 12.1. The van der Waals surface area contributed by atoms with Crippen molar-refractivity contribution in [3.05, 3.63) is 63.8 Å². The van der Waals surface area contributed by atoms with Crippen molar-refractivity contribution < 1.29 is 28.2 Å². The van der Waals surface area contributed by atoms with Crippen LogP contribution in [0.4, 0.5) is 0 Å². The highest BCUT2D eigenvalue weighted by molar-refractivity contribution is 9.10. The summed E-state index contributed by atoms with van der Waals surface area (Å²) in [7, 11) is 0. The van der Waals surface area contributed by atoms with Gasteiger partial charge in [-0.05, 0) is 44.2 Å². The standard InChI is InChI=1S/C22H21BrO6.3C2H6/c1-3-26-21(24)10-14-5-6-15(22(25)27-4-2)9-20(14)29-13-16-12-28-19-8-7-17(23)11-18(16)19;3*1-2/h5-9,11-12H,3-4,10,13H2,1-2H3;3*1-2H3. The minimum atomic E-state index is -0.447. The van der Waals surface area contributed by atoms with E-state index in [-0.39, 0.29) is 25.6 Å². The lowest BCUT2D eigenvalue weighted by Gasteiger charge is -2.13. The van der Waals surface area contributed by atoms with Gasteiger partial charge in [0.1, 0.15) is 17.9 Å². The predicted molar refractivity (Wildman–Crippen MR) is 145 cm³/mol. The molecule has 0 aliphatic carbocycles. The Kier molecular flexibility index (Phi) is 17.0. The number of ether oxygens (including phenoxy) is 3. The number of rotatable bonds is 8. The van der Waals surface area contributed by atoms with E-state index >= 15 is 0 Å². The Bertz CT molecular complexity index is 1030. The van der Waals surface area contributed by atoms with Gasteiger partial charge in [-0.2, -0.15) is 0 Å². The second-order valence-electron chi connectivity index (χ2n) is 6.21. The van der Waals surface area contributed by atoms with Crippen molar-refractivity contribution in [1.82, 2.24) is 0 Å². The number of furan rings is 1. The summed E-state index contributed by atoms with van der Waals surface area (Å²) in [4.78, 5) is 24.0. The molecule has 194 valence electrons. The zero-order chi connectivity index (χ0) is 26.8. The van der Waals surface area contributed by atoms with Crippen LogP contribution >= 0.6 is 15.9 Å². The lowest BCUT2D eigenvalue weighted by atomic mass is 10.1. The normalized spacial score (nSPS) is 9.40. The maximum Gasteiger partial charge on any atom is 0.338 e. The van der Waals surface area contributed by atoms with E-state index in [0.717, 1.165) is 21.0 Å². The molecule has 2 aromatic carbocycles. The molecule has 0 amide bonds. The highest BCUT2D eigenvalue weighted by atomic mass is 79.9. The zero-order valence-electron chi connectivity index (χ0n) is 22.2.